The van der Waals surface area contributed by atoms with Gasteiger partial charge >= 0.3 is 0 Å². The average Bonchev–Trinajstić information content (AvgIpc) is 2.11. The van der Waals surface area contributed by atoms with E-state index in [4.69, 9.17) is 0 Å². The van der Waals surface area contributed by atoms with Crippen LogP contribution in [0.3, 0.4) is 0 Å². The Kier molecular flexibility index (Phi) is 4.57. The van der Waals surface area contributed by atoms with E-state index in [2.05, 4.69) is 26.9 Å². The second-order valence-electron chi connectivity index (χ2n) is 5.95. The summed E-state index contributed by atoms with van der Waals surface area (Å²) in [7, 11) is -1.35. The Bertz CT molecular complexity index is 221. The highest BCUT2D eigenvalue weighted by Crippen LogP contribution is 2.39. The van der Waals surface area contributed by atoms with Gasteiger partial charge in [0.2, 0.25) is 0 Å². The number of ketones is 1. The first kappa shape index (κ1) is 13.0. The molecular formula is C13H26OSi. The van der Waals surface area contributed by atoms with E-state index >= 15 is 0 Å². The van der Waals surface area contributed by atoms with E-state index < -0.39 is 8.07 Å². The Labute approximate surface area is 95.7 Å². The predicted octanol–water partition coefficient (Wildman–Crippen LogP) is 4.40. The molecule has 0 spiro atoms. The molecule has 0 radical (unpaired) electrons. The summed E-state index contributed by atoms with van der Waals surface area (Å²) in [6, 6.07) is 0. The Morgan fingerprint density at radius 1 is 1.13 bits per heavy atom. The van der Waals surface area contributed by atoms with E-state index in [0.717, 1.165) is 18.4 Å². The van der Waals surface area contributed by atoms with E-state index in [9.17, 15) is 4.79 Å². The van der Waals surface area contributed by atoms with Crippen molar-refractivity contribution < 1.29 is 4.79 Å². The summed E-state index contributed by atoms with van der Waals surface area (Å²) in [4.78, 5) is 12.2. The molecule has 1 aliphatic carbocycles. The molecule has 1 unspecified atom stereocenters. The van der Waals surface area contributed by atoms with E-state index in [1.165, 1.54) is 25.7 Å². The molecule has 0 aromatic rings. The van der Waals surface area contributed by atoms with Gasteiger partial charge in [-0.15, -0.1) is 0 Å². The summed E-state index contributed by atoms with van der Waals surface area (Å²) in [5.41, 5.74) is 1.17. The quantitative estimate of drug-likeness (QED) is 0.638. The molecule has 1 saturated carbocycles. The fourth-order valence-electron chi connectivity index (χ4n) is 2.53. The number of carbonyl (C=O) groups is 1. The maximum atomic E-state index is 12.2. The number of carbonyl (C=O) groups excluding carboxylic acids is 1. The fourth-order valence-corrected chi connectivity index (χ4v) is 5.25. The normalized spacial score (nSPS) is 25.1. The minimum Gasteiger partial charge on any atom is -0.300 e. The first-order valence-corrected chi connectivity index (χ1v) is 9.64. The first-order chi connectivity index (χ1) is 6.96. The van der Waals surface area contributed by atoms with Crippen molar-refractivity contribution in [2.75, 3.05) is 0 Å². The zero-order valence-electron chi connectivity index (χ0n) is 10.8. The lowest BCUT2D eigenvalue weighted by Crippen LogP contribution is -2.40. The molecular weight excluding hydrogens is 200 g/mol. The van der Waals surface area contributed by atoms with Gasteiger partial charge in [0.05, 0.1) is 8.07 Å². The van der Waals surface area contributed by atoms with Gasteiger partial charge in [-0.3, -0.25) is 4.79 Å². The molecule has 0 amide bonds. The smallest absolute Gasteiger partial charge is 0.133 e. The van der Waals surface area contributed by atoms with Gasteiger partial charge in [0.25, 0.3) is 0 Å². The van der Waals surface area contributed by atoms with Crippen molar-refractivity contribution in [3.05, 3.63) is 0 Å². The Morgan fingerprint density at radius 2 is 1.73 bits per heavy atom. The van der Waals surface area contributed by atoms with E-state index in [1.807, 2.05) is 0 Å². The van der Waals surface area contributed by atoms with Gasteiger partial charge in [0, 0.05) is 12.0 Å². The van der Waals surface area contributed by atoms with Gasteiger partial charge in [-0.25, -0.2) is 0 Å². The zero-order chi connectivity index (χ0) is 11.5. The SMILES string of the molecule is CC(C)[Si](C)(C)C1CCCCCCC1=O. The van der Waals surface area contributed by atoms with Gasteiger partial charge in [-0.2, -0.15) is 0 Å². The number of hydrogen-bond donors (Lipinski definition) is 0. The van der Waals surface area contributed by atoms with Crippen LogP contribution in [0.5, 0.6) is 0 Å². The van der Waals surface area contributed by atoms with E-state index in [-0.39, 0.29) is 0 Å². The summed E-state index contributed by atoms with van der Waals surface area (Å²) >= 11 is 0. The topological polar surface area (TPSA) is 17.1 Å². The van der Waals surface area contributed by atoms with Crippen molar-refractivity contribution in [1.29, 1.82) is 0 Å². The van der Waals surface area contributed by atoms with Crippen LogP contribution < -0.4 is 0 Å². The van der Waals surface area contributed by atoms with Gasteiger partial charge < -0.3 is 0 Å². The lowest BCUT2D eigenvalue weighted by Gasteiger charge is -2.36. The maximum Gasteiger partial charge on any atom is 0.133 e. The molecule has 1 nitrogen and oxygen atoms in total. The third-order valence-electron chi connectivity index (χ3n) is 4.44. The minimum atomic E-state index is -1.35. The van der Waals surface area contributed by atoms with Crippen LogP contribution in [0.4, 0.5) is 0 Å². The number of hydrogen-bond acceptors (Lipinski definition) is 1. The van der Waals surface area contributed by atoms with Crippen molar-refractivity contribution in [1.82, 2.24) is 0 Å². The molecule has 0 bridgehead atoms. The number of Topliss-reactive ketones (excluding diaryl/α,β-unsaturated/α-hetero) is 1. The molecule has 0 aromatic carbocycles. The number of rotatable bonds is 2. The lowest BCUT2D eigenvalue weighted by atomic mass is 9.99. The Morgan fingerprint density at radius 3 is 2.33 bits per heavy atom. The fraction of sp³-hybridized carbons (Fsp3) is 0.923. The van der Waals surface area contributed by atoms with E-state index in [0.29, 0.717) is 11.3 Å². The standard InChI is InChI=1S/C13H26OSi/c1-11(2)15(3,4)13-10-8-6-5-7-9-12(13)14/h11,13H,5-10H2,1-4H3. The summed E-state index contributed by atoms with van der Waals surface area (Å²) in [6.45, 7) is 9.42. The Balaban J connectivity index is 2.74. The van der Waals surface area contributed by atoms with Gasteiger partial charge in [-0.05, 0) is 12.8 Å². The molecule has 88 valence electrons. The van der Waals surface area contributed by atoms with Crippen molar-refractivity contribution >= 4 is 13.9 Å². The molecule has 1 atom stereocenters. The lowest BCUT2D eigenvalue weighted by molar-refractivity contribution is -0.119. The van der Waals surface area contributed by atoms with Crippen molar-refractivity contribution in [2.24, 2.45) is 0 Å². The molecule has 0 heterocycles. The second-order valence-corrected chi connectivity index (χ2v) is 11.4. The highest BCUT2D eigenvalue weighted by atomic mass is 28.3. The molecule has 2 heteroatoms. The molecule has 0 N–H and O–H groups in total. The van der Waals surface area contributed by atoms with Crippen LogP contribution in [-0.4, -0.2) is 13.9 Å². The van der Waals surface area contributed by atoms with Crippen LogP contribution in [0.1, 0.15) is 52.4 Å². The minimum absolute atomic E-state index is 0.442. The summed E-state index contributed by atoms with van der Waals surface area (Å²) < 4.78 is 0. The molecule has 0 saturated heterocycles. The third kappa shape index (κ3) is 3.17. The second kappa shape index (κ2) is 5.29. The molecule has 15 heavy (non-hydrogen) atoms. The van der Waals surface area contributed by atoms with Crippen LogP contribution in [-0.2, 0) is 4.79 Å². The van der Waals surface area contributed by atoms with Crippen molar-refractivity contribution in [3.63, 3.8) is 0 Å². The molecule has 0 aromatic heterocycles. The summed E-state index contributed by atoms with van der Waals surface area (Å²) in [5, 5.41) is 0. The highest BCUT2D eigenvalue weighted by molar-refractivity contribution is 6.82. The van der Waals surface area contributed by atoms with Gasteiger partial charge in [0.15, 0.2) is 0 Å². The largest absolute Gasteiger partial charge is 0.300 e. The summed E-state index contributed by atoms with van der Waals surface area (Å²) in [5.74, 6) is 0.583. The first-order valence-electron chi connectivity index (χ1n) is 6.49. The third-order valence-corrected chi connectivity index (χ3v) is 9.82. The molecule has 0 aliphatic heterocycles. The van der Waals surface area contributed by atoms with Crippen molar-refractivity contribution in [3.8, 4) is 0 Å². The Hall–Kier alpha value is -0.113. The van der Waals surface area contributed by atoms with E-state index in [1.54, 1.807) is 0 Å². The highest BCUT2D eigenvalue weighted by Gasteiger charge is 2.38. The van der Waals surface area contributed by atoms with Gasteiger partial charge in [-0.1, -0.05) is 51.7 Å². The maximum absolute atomic E-state index is 12.2. The van der Waals surface area contributed by atoms with Crippen molar-refractivity contribution in [2.45, 2.75) is 76.5 Å². The average molecular weight is 226 g/mol. The van der Waals surface area contributed by atoms with Crippen LogP contribution in [0, 0.1) is 0 Å². The van der Waals surface area contributed by atoms with Gasteiger partial charge in [0.1, 0.15) is 5.78 Å². The molecule has 1 rings (SSSR count). The van der Waals surface area contributed by atoms with Crippen LogP contribution >= 0.6 is 0 Å². The van der Waals surface area contributed by atoms with Crippen LogP contribution in [0.2, 0.25) is 24.2 Å². The monoisotopic (exact) mass is 226 g/mol. The molecule has 1 aliphatic rings. The van der Waals surface area contributed by atoms with Crippen LogP contribution in [0.25, 0.3) is 0 Å². The molecule has 1 fully saturated rings. The summed E-state index contributed by atoms with van der Waals surface area (Å²) in [6.07, 6.45) is 7.05. The zero-order valence-corrected chi connectivity index (χ0v) is 11.8. The predicted molar refractivity (Wildman–Crippen MR) is 69.0 cm³/mol. The van der Waals surface area contributed by atoms with Crippen LogP contribution in [0.15, 0.2) is 0 Å².